The molecular weight excluding hydrogens is 338 g/mol. The molecule has 0 aliphatic carbocycles. The third-order valence-corrected chi connectivity index (χ3v) is 3.64. The van der Waals surface area contributed by atoms with E-state index in [4.69, 9.17) is 0 Å². The lowest BCUT2D eigenvalue weighted by Gasteiger charge is -2.09. The number of phenols is 1. The van der Waals surface area contributed by atoms with Crippen LogP contribution in [-0.2, 0) is 11.3 Å². The lowest BCUT2D eigenvalue weighted by atomic mass is 10.2. The van der Waals surface area contributed by atoms with Gasteiger partial charge in [0.2, 0.25) is 5.91 Å². The van der Waals surface area contributed by atoms with Crippen LogP contribution in [0.1, 0.15) is 16.8 Å². The Kier molecular flexibility index (Phi) is 4.88. The topological polar surface area (TPSA) is 126 Å². The Hall–Kier alpha value is -3.75. The largest absolute Gasteiger partial charge is 0.507 e. The van der Waals surface area contributed by atoms with Crippen molar-refractivity contribution in [2.24, 2.45) is 0 Å². The van der Waals surface area contributed by atoms with Crippen LogP contribution in [0.15, 0.2) is 53.3 Å². The number of rotatable bonds is 4. The minimum atomic E-state index is -0.654. The molecule has 0 spiro atoms. The van der Waals surface area contributed by atoms with Gasteiger partial charge >= 0.3 is 0 Å². The van der Waals surface area contributed by atoms with Gasteiger partial charge in [-0.25, -0.2) is 4.68 Å². The van der Waals surface area contributed by atoms with Crippen molar-refractivity contribution in [1.82, 2.24) is 25.8 Å². The SMILES string of the molecule is O=C(CCn1nnc2ccccc2c1=O)NNC(=O)c1ccccc1O. The number of carbonyl (C=O) groups excluding carboxylic acids is 2. The summed E-state index contributed by atoms with van der Waals surface area (Å²) >= 11 is 0. The van der Waals surface area contributed by atoms with Crippen LogP contribution in [-0.4, -0.2) is 31.9 Å². The predicted molar refractivity (Wildman–Crippen MR) is 92.1 cm³/mol. The molecular formula is C17H15N5O4. The van der Waals surface area contributed by atoms with Crippen LogP contribution in [0.2, 0.25) is 0 Å². The number of fused-ring (bicyclic) bond motifs is 1. The Bertz CT molecular complexity index is 1030. The summed E-state index contributed by atoms with van der Waals surface area (Å²) in [5.74, 6) is -1.37. The van der Waals surface area contributed by atoms with Crippen LogP contribution in [0.25, 0.3) is 10.9 Å². The van der Waals surface area contributed by atoms with Gasteiger partial charge in [0, 0.05) is 6.42 Å². The molecule has 0 fully saturated rings. The lowest BCUT2D eigenvalue weighted by Crippen LogP contribution is -2.42. The van der Waals surface area contributed by atoms with E-state index in [2.05, 4.69) is 21.2 Å². The van der Waals surface area contributed by atoms with Crippen LogP contribution in [0.4, 0.5) is 0 Å². The number of phenolic OH excluding ortho intramolecular Hbond substituents is 1. The van der Waals surface area contributed by atoms with Gasteiger partial charge in [0.25, 0.3) is 11.5 Å². The van der Waals surface area contributed by atoms with Crippen LogP contribution in [0, 0.1) is 0 Å². The fourth-order valence-electron chi connectivity index (χ4n) is 2.30. The van der Waals surface area contributed by atoms with Crippen molar-refractivity contribution in [2.45, 2.75) is 13.0 Å². The molecule has 0 saturated heterocycles. The average molecular weight is 353 g/mol. The summed E-state index contributed by atoms with van der Waals surface area (Å²) in [6, 6.07) is 12.7. The Morgan fingerprint density at radius 1 is 1.04 bits per heavy atom. The Labute approximate surface area is 147 Å². The second kappa shape index (κ2) is 7.43. The van der Waals surface area contributed by atoms with Gasteiger partial charge < -0.3 is 5.11 Å². The fourth-order valence-corrected chi connectivity index (χ4v) is 2.30. The molecule has 3 aromatic rings. The lowest BCUT2D eigenvalue weighted by molar-refractivity contribution is -0.122. The smallest absolute Gasteiger partial charge is 0.277 e. The Balaban J connectivity index is 1.58. The highest BCUT2D eigenvalue weighted by Crippen LogP contribution is 2.14. The minimum absolute atomic E-state index is 0.00889. The van der Waals surface area contributed by atoms with E-state index in [9.17, 15) is 19.5 Å². The van der Waals surface area contributed by atoms with Gasteiger partial charge in [-0.15, -0.1) is 5.10 Å². The van der Waals surface area contributed by atoms with Crippen molar-refractivity contribution >= 4 is 22.7 Å². The standard InChI is InChI=1S/C17H15N5O4/c23-14-8-4-2-6-12(14)16(25)20-19-15(24)9-10-22-17(26)11-5-1-3-7-13(11)18-21-22/h1-8,23H,9-10H2,(H,19,24)(H,20,25). The molecule has 0 aliphatic rings. The number of carbonyl (C=O) groups is 2. The molecule has 1 aromatic heterocycles. The van der Waals surface area contributed by atoms with Gasteiger partial charge in [0.05, 0.1) is 17.5 Å². The maximum absolute atomic E-state index is 12.3. The summed E-state index contributed by atoms with van der Waals surface area (Å²) in [7, 11) is 0. The van der Waals surface area contributed by atoms with Crippen LogP contribution in [0.3, 0.4) is 0 Å². The molecule has 0 saturated carbocycles. The van der Waals surface area contributed by atoms with E-state index in [0.29, 0.717) is 10.9 Å². The molecule has 0 radical (unpaired) electrons. The second-order valence-corrected chi connectivity index (χ2v) is 5.40. The molecule has 2 aromatic carbocycles. The zero-order chi connectivity index (χ0) is 18.5. The molecule has 0 bridgehead atoms. The Morgan fingerprint density at radius 2 is 1.77 bits per heavy atom. The van der Waals surface area contributed by atoms with Gasteiger partial charge in [-0.2, -0.15) is 0 Å². The van der Waals surface area contributed by atoms with Gasteiger partial charge in [-0.05, 0) is 24.3 Å². The number of aromatic nitrogens is 3. The summed E-state index contributed by atoms with van der Waals surface area (Å²) in [5, 5.41) is 17.7. The van der Waals surface area contributed by atoms with E-state index in [0.717, 1.165) is 4.68 Å². The van der Waals surface area contributed by atoms with Gasteiger partial charge in [-0.3, -0.25) is 25.2 Å². The zero-order valence-electron chi connectivity index (χ0n) is 13.5. The van der Waals surface area contributed by atoms with Crippen molar-refractivity contribution in [2.75, 3.05) is 0 Å². The number of hydrogen-bond acceptors (Lipinski definition) is 6. The number of para-hydroxylation sites is 1. The minimum Gasteiger partial charge on any atom is -0.507 e. The van der Waals surface area contributed by atoms with Gasteiger partial charge in [0.1, 0.15) is 11.3 Å². The van der Waals surface area contributed by atoms with E-state index >= 15 is 0 Å². The molecule has 0 aliphatic heterocycles. The van der Waals surface area contributed by atoms with E-state index in [1.54, 1.807) is 36.4 Å². The number of amides is 2. The van der Waals surface area contributed by atoms with E-state index in [-0.39, 0.29) is 29.8 Å². The van der Waals surface area contributed by atoms with Crippen molar-refractivity contribution in [1.29, 1.82) is 0 Å². The molecule has 0 atom stereocenters. The highest BCUT2D eigenvalue weighted by atomic mass is 16.3. The maximum Gasteiger partial charge on any atom is 0.277 e. The van der Waals surface area contributed by atoms with Crippen LogP contribution >= 0.6 is 0 Å². The fraction of sp³-hybridized carbons (Fsp3) is 0.118. The van der Waals surface area contributed by atoms with Crippen molar-refractivity contribution < 1.29 is 14.7 Å². The summed E-state index contributed by atoms with van der Waals surface area (Å²) in [6.45, 7) is 0.00889. The molecule has 26 heavy (non-hydrogen) atoms. The first-order valence-electron chi connectivity index (χ1n) is 7.76. The molecule has 3 rings (SSSR count). The van der Waals surface area contributed by atoms with Crippen molar-refractivity contribution in [3.63, 3.8) is 0 Å². The van der Waals surface area contributed by atoms with E-state index in [1.807, 2.05) is 0 Å². The number of hydrogen-bond donors (Lipinski definition) is 3. The summed E-state index contributed by atoms with van der Waals surface area (Å²) in [4.78, 5) is 36.0. The second-order valence-electron chi connectivity index (χ2n) is 5.40. The molecule has 3 N–H and O–H groups in total. The van der Waals surface area contributed by atoms with E-state index < -0.39 is 11.8 Å². The maximum atomic E-state index is 12.3. The molecule has 0 unspecified atom stereocenters. The molecule has 9 nitrogen and oxygen atoms in total. The molecule has 9 heteroatoms. The number of benzene rings is 2. The zero-order valence-corrected chi connectivity index (χ0v) is 13.5. The van der Waals surface area contributed by atoms with Crippen LogP contribution in [0.5, 0.6) is 5.75 Å². The first-order chi connectivity index (χ1) is 12.6. The Morgan fingerprint density at radius 3 is 2.58 bits per heavy atom. The van der Waals surface area contributed by atoms with Crippen molar-refractivity contribution in [3.8, 4) is 5.75 Å². The number of aromatic hydroxyl groups is 1. The van der Waals surface area contributed by atoms with Gasteiger partial charge in [0.15, 0.2) is 0 Å². The van der Waals surface area contributed by atoms with Crippen molar-refractivity contribution in [3.05, 3.63) is 64.4 Å². The van der Waals surface area contributed by atoms with E-state index in [1.165, 1.54) is 12.1 Å². The molecule has 1 heterocycles. The monoisotopic (exact) mass is 353 g/mol. The first-order valence-corrected chi connectivity index (χ1v) is 7.76. The third-order valence-electron chi connectivity index (χ3n) is 3.64. The number of aryl methyl sites for hydroxylation is 1. The average Bonchev–Trinajstić information content (AvgIpc) is 2.66. The summed E-state index contributed by atoms with van der Waals surface area (Å²) in [6.07, 6.45) is -0.0893. The predicted octanol–water partition coefficient (Wildman–Crippen LogP) is 0.348. The summed E-state index contributed by atoms with van der Waals surface area (Å²) < 4.78 is 1.09. The third kappa shape index (κ3) is 3.66. The normalized spacial score (nSPS) is 10.5. The molecule has 132 valence electrons. The molecule has 2 amide bonds. The number of hydrazine groups is 1. The first kappa shape index (κ1) is 17.1. The highest BCUT2D eigenvalue weighted by Gasteiger charge is 2.12. The number of nitrogens with one attached hydrogen (secondary N) is 2. The number of nitrogens with zero attached hydrogens (tertiary/aromatic N) is 3. The van der Waals surface area contributed by atoms with Crippen LogP contribution < -0.4 is 16.4 Å². The highest BCUT2D eigenvalue weighted by molar-refractivity contribution is 5.97. The van der Waals surface area contributed by atoms with Gasteiger partial charge in [-0.1, -0.05) is 29.5 Å². The summed E-state index contributed by atoms with van der Waals surface area (Å²) in [5.41, 5.74) is 4.59. The quantitative estimate of drug-likeness (QED) is 0.581.